The van der Waals surface area contributed by atoms with Gasteiger partial charge in [0, 0.05) is 49.4 Å². The summed E-state index contributed by atoms with van der Waals surface area (Å²) in [6.45, 7) is 6.66. The predicted octanol–water partition coefficient (Wildman–Crippen LogP) is 3.74. The van der Waals surface area contributed by atoms with Gasteiger partial charge < -0.3 is 14.8 Å². The second-order valence-electron chi connectivity index (χ2n) is 8.73. The fourth-order valence-electron chi connectivity index (χ4n) is 4.48. The second-order valence-corrected chi connectivity index (χ2v) is 9.57. The van der Waals surface area contributed by atoms with E-state index in [0.29, 0.717) is 18.2 Å². The third-order valence-corrected chi connectivity index (χ3v) is 7.18. The summed E-state index contributed by atoms with van der Waals surface area (Å²) in [6.07, 6.45) is 5.82. The molecule has 8 heteroatoms. The van der Waals surface area contributed by atoms with Gasteiger partial charge in [-0.2, -0.15) is 0 Å². The number of hydrogen-bond donors (Lipinski definition) is 3. The Morgan fingerprint density at radius 2 is 1.91 bits per heavy atom. The molecule has 0 radical (unpaired) electrons. The van der Waals surface area contributed by atoms with E-state index in [2.05, 4.69) is 38.6 Å². The van der Waals surface area contributed by atoms with Crippen molar-refractivity contribution in [3.05, 3.63) is 64.4 Å². The monoisotopic (exact) mass is 450 g/mol. The van der Waals surface area contributed by atoms with Gasteiger partial charge in [0.15, 0.2) is 5.13 Å². The van der Waals surface area contributed by atoms with Gasteiger partial charge in [0.05, 0.1) is 12.2 Å². The lowest BCUT2D eigenvalue weighted by molar-refractivity contribution is 0.101. The molecule has 0 aliphatic carbocycles. The average Bonchev–Trinajstić information content (AvgIpc) is 3.57. The summed E-state index contributed by atoms with van der Waals surface area (Å²) < 4.78 is 2.00. The van der Waals surface area contributed by atoms with Crippen LogP contribution in [0, 0.1) is 6.92 Å². The number of rotatable bonds is 6. The summed E-state index contributed by atoms with van der Waals surface area (Å²) in [4.78, 5) is 20.3. The number of nitrogens with one attached hydrogen (secondary N) is 3. The van der Waals surface area contributed by atoms with Crippen molar-refractivity contribution in [2.75, 3.05) is 36.4 Å². The summed E-state index contributed by atoms with van der Waals surface area (Å²) in [5.41, 5.74) is 11.1. The van der Waals surface area contributed by atoms with E-state index in [-0.39, 0.29) is 5.91 Å². The lowest BCUT2D eigenvalue weighted by Gasteiger charge is -2.25. The largest absolute Gasteiger partial charge is 0.348 e. The molecule has 7 nitrogen and oxygen atoms in total. The molecule has 2 fully saturated rings. The first-order valence-electron chi connectivity index (χ1n) is 11.4. The van der Waals surface area contributed by atoms with Gasteiger partial charge in [-0.05, 0) is 55.5 Å². The molecule has 5 rings (SSSR count). The number of nitrogens with zero attached hydrogens (tertiary/aromatic N) is 3. The number of amides is 1. The van der Waals surface area contributed by atoms with Gasteiger partial charge in [0.25, 0.3) is 5.91 Å². The Hall–Kier alpha value is -2.68. The fraction of sp³-hybridized carbons (Fsp3) is 0.417. The molecule has 0 bridgehead atoms. The molecule has 1 amide bonds. The number of anilines is 2. The summed E-state index contributed by atoms with van der Waals surface area (Å²) in [5.74, 6) is 0.370. The van der Waals surface area contributed by atoms with Gasteiger partial charge in [-0.25, -0.2) is 4.98 Å². The molecule has 2 aliphatic heterocycles. The standard InChI is InChI=1S/C24H30N6OS/c1-17-11-22(23(31)27-20-7-5-18(6-8-20)19-12-25-26-13-19)30(14-17)15-21-16-32-24(28-21)29-9-3-2-4-10-29/h5-8,11,14,16,19,25-26H,2-4,9-10,12-13,15H2,1H3,(H,27,31). The van der Waals surface area contributed by atoms with Crippen molar-refractivity contribution in [1.82, 2.24) is 20.4 Å². The van der Waals surface area contributed by atoms with Crippen molar-refractivity contribution in [2.24, 2.45) is 0 Å². The first-order valence-corrected chi connectivity index (χ1v) is 12.3. The van der Waals surface area contributed by atoms with Crippen LogP contribution < -0.4 is 21.1 Å². The lowest BCUT2D eigenvalue weighted by Crippen LogP contribution is -2.29. The summed E-state index contributed by atoms with van der Waals surface area (Å²) in [6, 6.07) is 10.1. The molecule has 4 heterocycles. The highest BCUT2D eigenvalue weighted by atomic mass is 32.1. The highest BCUT2D eigenvalue weighted by Gasteiger charge is 2.18. The normalized spacial score (nSPS) is 17.1. The average molecular weight is 451 g/mol. The van der Waals surface area contributed by atoms with Crippen molar-refractivity contribution >= 4 is 28.1 Å². The molecule has 168 valence electrons. The Bertz CT molecular complexity index is 1060. The number of piperidine rings is 1. The van der Waals surface area contributed by atoms with E-state index in [1.54, 1.807) is 11.3 Å². The maximum atomic E-state index is 13.1. The zero-order chi connectivity index (χ0) is 21.9. The van der Waals surface area contributed by atoms with Crippen LogP contribution in [0.2, 0.25) is 0 Å². The van der Waals surface area contributed by atoms with E-state index in [1.807, 2.05) is 35.9 Å². The maximum absolute atomic E-state index is 13.1. The van der Waals surface area contributed by atoms with Crippen LogP contribution in [0.5, 0.6) is 0 Å². The van der Waals surface area contributed by atoms with Gasteiger partial charge in [0.1, 0.15) is 5.69 Å². The Kier molecular flexibility index (Phi) is 6.25. The van der Waals surface area contributed by atoms with Crippen molar-refractivity contribution in [1.29, 1.82) is 0 Å². The van der Waals surface area contributed by atoms with Crippen LogP contribution in [-0.4, -0.2) is 41.6 Å². The van der Waals surface area contributed by atoms with Crippen LogP contribution in [0.15, 0.2) is 41.9 Å². The molecule has 3 N–H and O–H groups in total. The van der Waals surface area contributed by atoms with E-state index in [4.69, 9.17) is 4.98 Å². The third kappa shape index (κ3) is 4.72. The SMILES string of the molecule is Cc1cc(C(=O)Nc2ccc(C3CNNC3)cc2)n(Cc2csc(N3CCCCC3)n2)c1. The van der Waals surface area contributed by atoms with Crippen LogP contribution in [0.3, 0.4) is 0 Å². The first-order chi connectivity index (χ1) is 15.7. The fourth-order valence-corrected chi connectivity index (χ4v) is 5.35. The van der Waals surface area contributed by atoms with Crippen molar-refractivity contribution in [2.45, 2.75) is 38.6 Å². The Morgan fingerprint density at radius 3 is 2.66 bits per heavy atom. The zero-order valence-corrected chi connectivity index (χ0v) is 19.3. The Balaban J connectivity index is 1.26. The summed E-state index contributed by atoms with van der Waals surface area (Å²) >= 11 is 1.70. The van der Waals surface area contributed by atoms with E-state index in [0.717, 1.165) is 48.3 Å². The molecular weight excluding hydrogens is 420 g/mol. The van der Waals surface area contributed by atoms with Gasteiger partial charge in [-0.1, -0.05) is 12.1 Å². The minimum Gasteiger partial charge on any atom is -0.348 e. The molecule has 2 aliphatic rings. The van der Waals surface area contributed by atoms with Gasteiger partial charge >= 0.3 is 0 Å². The number of hydrazine groups is 1. The van der Waals surface area contributed by atoms with Crippen molar-refractivity contribution in [3.8, 4) is 0 Å². The smallest absolute Gasteiger partial charge is 0.272 e. The quantitative estimate of drug-likeness (QED) is 0.534. The van der Waals surface area contributed by atoms with Crippen LogP contribution in [0.1, 0.15) is 52.5 Å². The van der Waals surface area contributed by atoms with Crippen LogP contribution in [0.25, 0.3) is 0 Å². The molecule has 0 spiro atoms. The number of aryl methyl sites for hydroxylation is 1. The zero-order valence-electron chi connectivity index (χ0n) is 18.4. The van der Waals surface area contributed by atoms with Gasteiger partial charge in [-0.15, -0.1) is 11.3 Å². The summed E-state index contributed by atoms with van der Waals surface area (Å²) in [7, 11) is 0. The number of aromatic nitrogens is 2. The number of thiazole rings is 1. The molecule has 0 saturated carbocycles. The van der Waals surface area contributed by atoms with E-state index < -0.39 is 0 Å². The topological polar surface area (TPSA) is 74.2 Å². The molecule has 0 unspecified atom stereocenters. The molecule has 2 aromatic heterocycles. The highest BCUT2D eigenvalue weighted by Crippen LogP contribution is 2.25. The molecule has 1 aromatic carbocycles. The van der Waals surface area contributed by atoms with Crippen LogP contribution in [-0.2, 0) is 6.54 Å². The minimum atomic E-state index is -0.0958. The van der Waals surface area contributed by atoms with Gasteiger partial charge in [0.2, 0.25) is 0 Å². The Morgan fingerprint density at radius 1 is 1.16 bits per heavy atom. The van der Waals surface area contributed by atoms with Crippen LogP contribution in [0.4, 0.5) is 10.8 Å². The van der Waals surface area contributed by atoms with Crippen LogP contribution >= 0.6 is 11.3 Å². The van der Waals surface area contributed by atoms with Gasteiger partial charge in [-0.3, -0.25) is 15.6 Å². The maximum Gasteiger partial charge on any atom is 0.272 e. The predicted molar refractivity (Wildman–Crippen MR) is 130 cm³/mol. The molecule has 32 heavy (non-hydrogen) atoms. The van der Waals surface area contributed by atoms with Crippen molar-refractivity contribution in [3.63, 3.8) is 0 Å². The number of benzene rings is 1. The number of carbonyl (C=O) groups excluding carboxylic acids is 1. The highest BCUT2D eigenvalue weighted by molar-refractivity contribution is 7.13. The number of carbonyl (C=O) groups is 1. The second kappa shape index (κ2) is 9.44. The molecular formula is C24H30N6OS. The Labute approximate surface area is 192 Å². The van der Waals surface area contributed by atoms with E-state index >= 15 is 0 Å². The third-order valence-electron chi connectivity index (χ3n) is 6.23. The van der Waals surface area contributed by atoms with Crippen molar-refractivity contribution < 1.29 is 4.79 Å². The molecule has 0 atom stereocenters. The minimum absolute atomic E-state index is 0.0958. The van der Waals surface area contributed by atoms with E-state index in [9.17, 15) is 4.79 Å². The summed E-state index contributed by atoms with van der Waals surface area (Å²) in [5, 5.41) is 6.27. The van der Waals surface area contributed by atoms with E-state index in [1.165, 1.54) is 24.8 Å². The number of hydrogen-bond acceptors (Lipinski definition) is 6. The first kappa shape index (κ1) is 21.2. The molecule has 3 aromatic rings. The molecule has 2 saturated heterocycles. The lowest BCUT2D eigenvalue weighted by atomic mass is 10.0.